The fraction of sp³-hybridized carbons (Fsp3) is 1.00. The first-order valence-electron chi connectivity index (χ1n) is 6.69. The zero-order valence-electron chi connectivity index (χ0n) is 10.9. The second-order valence-electron chi connectivity index (χ2n) is 5.76. The smallest absolute Gasteiger partial charge is 0.0678 e. The Kier molecular flexibility index (Phi) is 3.57. The number of hydrogen-bond acceptors (Lipinski definition) is 3. The summed E-state index contributed by atoms with van der Waals surface area (Å²) in [4.78, 5) is 2.61. The van der Waals surface area contributed by atoms with Crippen LogP contribution in [0.4, 0.5) is 0 Å². The second-order valence-corrected chi connectivity index (χ2v) is 5.76. The fourth-order valence-electron chi connectivity index (χ4n) is 3.67. The molecular formula is C13H26N2O. The maximum Gasteiger partial charge on any atom is 0.0678 e. The Labute approximate surface area is 99.3 Å². The molecule has 0 bridgehead atoms. The summed E-state index contributed by atoms with van der Waals surface area (Å²) < 4.78 is 5.82. The standard InChI is InChI=1S/C13H26N2O/c1-10-5-4-6-13(10,9-14)15-7-11(2)16-12(3)8-15/h10-12H,4-9,14H2,1-3H3/t10?,11-,12+,13?. The summed E-state index contributed by atoms with van der Waals surface area (Å²) in [5.74, 6) is 0.731. The number of nitrogens with zero attached hydrogens (tertiary/aromatic N) is 1. The molecule has 1 aliphatic carbocycles. The zero-order chi connectivity index (χ0) is 11.8. The van der Waals surface area contributed by atoms with Gasteiger partial charge in [-0.05, 0) is 32.6 Å². The molecule has 2 N–H and O–H groups in total. The van der Waals surface area contributed by atoms with Crippen molar-refractivity contribution in [2.45, 2.75) is 57.8 Å². The van der Waals surface area contributed by atoms with E-state index in [4.69, 9.17) is 10.5 Å². The molecule has 3 nitrogen and oxygen atoms in total. The predicted molar refractivity (Wildman–Crippen MR) is 66.4 cm³/mol. The van der Waals surface area contributed by atoms with Gasteiger partial charge in [0.25, 0.3) is 0 Å². The van der Waals surface area contributed by atoms with Gasteiger partial charge < -0.3 is 10.5 Å². The van der Waals surface area contributed by atoms with E-state index in [0.717, 1.165) is 25.6 Å². The van der Waals surface area contributed by atoms with Crippen LogP contribution in [0.1, 0.15) is 40.0 Å². The third-order valence-electron chi connectivity index (χ3n) is 4.57. The van der Waals surface area contributed by atoms with E-state index in [1.54, 1.807) is 0 Å². The average Bonchev–Trinajstić information content (AvgIpc) is 2.59. The number of nitrogens with two attached hydrogens (primary N) is 1. The molecule has 94 valence electrons. The van der Waals surface area contributed by atoms with Crippen molar-refractivity contribution < 1.29 is 4.74 Å². The molecule has 3 heteroatoms. The molecule has 2 aliphatic rings. The Morgan fingerprint density at radius 2 is 1.88 bits per heavy atom. The molecule has 2 unspecified atom stereocenters. The number of rotatable bonds is 2. The van der Waals surface area contributed by atoms with Gasteiger partial charge in [0, 0.05) is 25.2 Å². The zero-order valence-corrected chi connectivity index (χ0v) is 10.9. The highest BCUT2D eigenvalue weighted by atomic mass is 16.5. The van der Waals surface area contributed by atoms with Crippen LogP contribution in [0.5, 0.6) is 0 Å². The molecule has 0 spiro atoms. The highest BCUT2D eigenvalue weighted by molar-refractivity contribution is 5.01. The molecule has 2 rings (SSSR count). The lowest BCUT2D eigenvalue weighted by molar-refractivity contribution is -0.107. The van der Waals surface area contributed by atoms with Crippen LogP contribution in [0, 0.1) is 5.92 Å². The van der Waals surface area contributed by atoms with E-state index in [2.05, 4.69) is 25.7 Å². The van der Waals surface area contributed by atoms with Gasteiger partial charge in [-0.3, -0.25) is 4.90 Å². The largest absolute Gasteiger partial charge is 0.373 e. The number of ether oxygens (including phenoxy) is 1. The fourth-order valence-corrected chi connectivity index (χ4v) is 3.67. The van der Waals surface area contributed by atoms with Crippen LogP contribution in [-0.2, 0) is 4.74 Å². The van der Waals surface area contributed by atoms with Crippen LogP contribution in [0.15, 0.2) is 0 Å². The topological polar surface area (TPSA) is 38.5 Å². The van der Waals surface area contributed by atoms with Gasteiger partial charge in [-0.1, -0.05) is 13.3 Å². The van der Waals surface area contributed by atoms with Crippen LogP contribution in [0.25, 0.3) is 0 Å². The van der Waals surface area contributed by atoms with E-state index >= 15 is 0 Å². The van der Waals surface area contributed by atoms with Crippen molar-refractivity contribution in [2.75, 3.05) is 19.6 Å². The molecular weight excluding hydrogens is 200 g/mol. The minimum atomic E-state index is 0.256. The minimum absolute atomic E-state index is 0.256. The van der Waals surface area contributed by atoms with E-state index in [0.29, 0.717) is 12.2 Å². The SMILES string of the molecule is CC1CCCC1(CN)N1C[C@@H](C)O[C@@H](C)C1. The van der Waals surface area contributed by atoms with Gasteiger partial charge in [-0.2, -0.15) is 0 Å². The summed E-state index contributed by atoms with van der Waals surface area (Å²) in [7, 11) is 0. The predicted octanol–water partition coefficient (Wildman–Crippen LogP) is 1.61. The van der Waals surface area contributed by atoms with E-state index in [1.807, 2.05) is 0 Å². The Morgan fingerprint density at radius 1 is 1.25 bits per heavy atom. The lowest BCUT2D eigenvalue weighted by atomic mass is 9.85. The van der Waals surface area contributed by atoms with E-state index in [9.17, 15) is 0 Å². The lowest BCUT2D eigenvalue weighted by Gasteiger charge is -2.48. The number of morpholine rings is 1. The van der Waals surface area contributed by atoms with Gasteiger partial charge >= 0.3 is 0 Å². The van der Waals surface area contributed by atoms with E-state index < -0.39 is 0 Å². The highest BCUT2D eigenvalue weighted by Gasteiger charge is 2.45. The third kappa shape index (κ3) is 2.01. The lowest BCUT2D eigenvalue weighted by Crippen LogP contribution is -2.61. The summed E-state index contributed by atoms with van der Waals surface area (Å²) >= 11 is 0. The average molecular weight is 226 g/mol. The molecule has 1 aliphatic heterocycles. The van der Waals surface area contributed by atoms with Gasteiger partial charge in [0.15, 0.2) is 0 Å². The molecule has 2 fully saturated rings. The van der Waals surface area contributed by atoms with Crippen molar-refractivity contribution in [2.24, 2.45) is 11.7 Å². The Bertz CT molecular complexity index is 236. The van der Waals surface area contributed by atoms with Gasteiger partial charge in [0.2, 0.25) is 0 Å². The first-order valence-corrected chi connectivity index (χ1v) is 6.69. The van der Waals surface area contributed by atoms with Crippen LogP contribution >= 0.6 is 0 Å². The summed E-state index contributed by atoms with van der Waals surface area (Å²) in [6, 6.07) is 0. The summed E-state index contributed by atoms with van der Waals surface area (Å²) in [6.07, 6.45) is 4.62. The first-order chi connectivity index (χ1) is 7.58. The van der Waals surface area contributed by atoms with E-state index in [-0.39, 0.29) is 5.54 Å². The quantitative estimate of drug-likeness (QED) is 0.777. The molecule has 1 heterocycles. The first kappa shape index (κ1) is 12.3. The van der Waals surface area contributed by atoms with Crippen molar-refractivity contribution in [1.29, 1.82) is 0 Å². The second kappa shape index (κ2) is 4.63. The van der Waals surface area contributed by atoms with Crippen LogP contribution in [0.3, 0.4) is 0 Å². The van der Waals surface area contributed by atoms with Crippen molar-refractivity contribution in [3.8, 4) is 0 Å². The molecule has 0 aromatic heterocycles. The van der Waals surface area contributed by atoms with E-state index in [1.165, 1.54) is 19.3 Å². The minimum Gasteiger partial charge on any atom is -0.373 e. The Morgan fingerprint density at radius 3 is 2.31 bits per heavy atom. The van der Waals surface area contributed by atoms with Crippen molar-refractivity contribution in [3.63, 3.8) is 0 Å². The molecule has 1 saturated carbocycles. The Hall–Kier alpha value is -0.120. The van der Waals surface area contributed by atoms with Crippen LogP contribution in [-0.4, -0.2) is 42.3 Å². The molecule has 0 aromatic rings. The van der Waals surface area contributed by atoms with Gasteiger partial charge in [0.05, 0.1) is 12.2 Å². The molecule has 16 heavy (non-hydrogen) atoms. The monoisotopic (exact) mass is 226 g/mol. The molecule has 4 atom stereocenters. The normalized spacial score (nSPS) is 46.1. The molecule has 0 aromatic carbocycles. The van der Waals surface area contributed by atoms with Crippen molar-refractivity contribution in [3.05, 3.63) is 0 Å². The third-order valence-corrected chi connectivity index (χ3v) is 4.57. The summed E-state index contributed by atoms with van der Waals surface area (Å²) in [5, 5.41) is 0. The maximum atomic E-state index is 6.10. The Balaban J connectivity index is 2.14. The molecule has 1 saturated heterocycles. The molecule has 0 radical (unpaired) electrons. The maximum absolute atomic E-state index is 6.10. The van der Waals surface area contributed by atoms with Gasteiger partial charge in [-0.15, -0.1) is 0 Å². The number of hydrogen-bond donors (Lipinski definition) is 1. The van der Waals surface area contributed by atoms with Gasteiger partial charge in [-0.25, -0.2) is 0 Å². The van der Waals surface area contributed by atoms with Crippen molar-refractivity contribution >= 4 is 0 Å². The highest BCUT2D eigenvalue weighted by Crippen LogP contribution is 2.40. The summed E-state index contributed by atoms with van der Waals surface area (Å²) in [5.41, 5.74) is 6.35. The van der Waals surface area contributed by atoms with Crippen LogP contribution in [0.2, 0.25) is 0 Å². The van der Waals surface area contributed by atoms with Crippen molar-refractivity contribution in [1.82, 2.24) is 4.90 Å². The summed E-state index contributed by atoms with van der Waals surface area (Å²) in [6.45, 7) is 9.61. The van der Waals surface area contributed by atoms with Crippen LogP contribution < -0.4 is 5.73 Å². The van der Waals surface area contributed by atoms with Gasteiger partial charge in [0.1, 0.15) is 0 Å². The molecule has 0 amide bonds.